The number of fused-ring (bicyclic) bond motifs is 9. The summed E-state index contributed by atoms with van der Waals surface area (Å²) in [7, 11) is 0. The molecule has 17 aromatic rings. The van der Waals surface area contributed by atoms with Crippen molar-refractivity contribution in [3.05, 3.63) is 321 Å². The molecule has 6 heteroatoms. The molecule has 0 aliphatic rings. The van der Waals surface area contributed by atoms with E-state index in [0.29, 0.717) is 5.56 Å². The normalized spacial score (nSPS) is 11.6. The highest BCUT2D eigenvalue weighted by molar-refractivity contribution is 6.15. The highest BCUT2D eigenvalue weighted by Gasteiger charge is 2.27. The maximum absolute atomic E-state index is 10.1. The summed E-state index contributed by atoms with van der Waals surface area (Å²) in [6.45, 7) is 2.06. The first-order valence-electron chi connectivity index (χ1n) is 30.5. The molecule has 17 rings (SSSR count). The minimum absolute atomic E-state index is 0.630. The third-order valence-corrected chi connectivity index (χ3v) is 18.0. The number of nitriles is 1. The van der Waals surface area contributed by atoms with Crippen LogP contribution in [0, 0.1) is 18.3 Å². The van der Waals surface area contributed by atoms with Crippen LogP contribution in [0.3, 0.4) is 0 Å². The fourth-order valence-electron chi connectivity index (χ4n) is 13.8. The number of pyridine rings is 2. The predicted molar refractivity (Wildman–Crippen MR) is 373 cm³/mol. The zero-order valence-electron chi connectivity index (χ0n) is 49.1. The first-order chi connectivity index (χ1) is 44.5. The van der Waals surface area contributed by atoms with Crippen LogP contribution in [-0.2, 0) is 0 Å². The maximum atomic E-state index is 10.1. The Morgan fingerprint density at radius 2 is 0.711 bits per heavy atom. The molecule has 0 aliphatic carbocycles. The van der Waals surface area contributed by atoms with E-state index in [1.165, 1.54) is 0 Å². The van der Waals surface area contributed by atoms with Crippen molar-refractivity contribution in [2.75, 3.05) is 0 Å². The number of rotatable bonds is 10. The summed E-state index contributed by atoms with van der Waals surface area (Å²) >= 11 is 0. The van der Waals surface area contributed by atoms with Gasteiger partial charge in [-0.2, -0.15) is 5.26 Å². The van der Waals surface area contributed by atoms with Gasteiger partial charge >= 0.3 is 0 Å². The summed E-state index contributed by atoms with van der Waals surface area (Å²) in [5, 5.41) is 16.7. The van der Waals surface area contributed by atoms with Crippen LogP contribution in [0.2, 0.25) is 0 Å². The minimum Gasteiger partial charge on any atom is -0.309 e. The van der Waals surface area contributed by atoms with Gasteiger partial charge in [0.15, 0.2) is 0 Å². The fraction of sp³-hybridized carbons (Fsp3) is 0.0119. The summed E-state index contributed by atoms with van der Waals surface area (Å²) in [5.41, 5.74) is 23.8. The molecule has 0 N–H and O–H groups in total. The lowest BCUT2D eigenvalue weighted by Gasteiger charge is -2.22. The zero-order chi connectivity index (χ0) is 59.8. The third kappa shape index (κ3) is 8.71. The molecule has 0 amide bonds. The summed E-state index contributed by atoms with van der Waals surface area (Å²) < 4.78 is 7.12. The van der Waals surface area contributed by atoms with E-state index in [1.807, 2.05) is 12.1 Å². The number of hydrogen-bond donors (Lipinski definition) is 0. The highest BCUT2D eigenvalue weighted by Crippen LogP contribution is 2.47. The van der Waals surface area contributed by atoms with Crippen LogP contribution >= 0.6 is 0 Å². The van der Waals surface area contributed by atoms with E-state index in [2.05, 4.69) is 324 Å². The molecular formula is C84H54N6. The molecule has 90 heavy (non-hydrogen) atoms. The van der Waals surface area contributed by atoms with Gasteiger partial charge < -0.3 is 4.57 Å². The van der Waals surface area contributed by atoms with Crippen LogP contribution in [0.4, 0.5) is 0 Å². The quantitative estimate of drug-likeness (QED) is 0.137. The van der Waals surface area contributed by atoms with Gasteiger partial charge in [0, 0.05) is 54.8 Å². The van der Waals surface area contributed by atoms with E-state index in [4.69, 9.17) is 9.97 Å². The minimum atomic E-state index is 0.630. The van der Waals surface area contributed by atoms with Crippen LogP contribution < -0.4 is 0 Å². The molecule has 0 aliphatic heterocycles. The maximum Gasteiger partial charge on any atom is 0.148 e. The molecular weight excluding hydrogens is 1090 g/mol. The lowest BCUT2D eigenvalue weighted by Crippen LogP contribution is -2.08. The van der Waals surface area contributed by atoms with Gasteiger partial charge in [-0.1, -0.05) is 206 Å². The van der Waals surface area contributed by atoms with Crippen LogP contribution in [0.5, 0.6) is 0 Å². The van der Waals surface area contributed by atoms with Gasteiger partial charge in [0.05, 0.1) is 50.4 Å². The van der Waals surface area contributed by atoms with Crippen molar-refractivity contribution in [2.45, 2.75) is 6.92 Å². The molecule has 6 nitrogen and oxygen atoms in total. The summed E-state index contributed by atoms with van der Waals surface area (Å²) in [6, 6.07) is 114. The molecule has 0 bridgehead atoms. The van der Waals surface area contributed by atoms with Gasteiger partial charge in [0.1, 0.15) is 11.6 Å². The number of para-hydroxylation sites is 1. The zero-order valence-corrected chi connectivity index (χ0v) is 49.1. The molecule has 12 aromatic carbocycles. The molecule has 5 aromatic heterocycles. The van der Waals surface area contributed by atoms with E-state index in [-0.39, 0.29) is 0 Å². The number of aryl methyl sites for hydroxylation is 1. The lowest BCUT2D eigenvalue weighted by molar-refractivity contribution is 1.02. The Kier molecular flexibility index (Phi) is 12.4. The summed E-state index contributed by atoms with van der Waals surface area (Å²) in [6.07, 6.45) is 0. The van der Waals surface area contributed by atoms with Gasteiger partial charge in [-0.3, -0.25) is 14.1 Å². The van der Waals surface area contributed by atoms with Crippen molar-refractivity contribution < 1.29 is 0 Å². The smallest absolute Gasteiger partial charge is 0.148 e. The summed E-state index contributed by atoms with van der Waals surface area (Å²) in [5.74, 6) is 1.55. The number of aromatic nitrogens is 5. The topological polar surface area (TPSA) is 64.4 Å². The number of benzene rings is 12. The van der Waals surface area contributed by atoms with Crippen molar-refractivity contribution in [3.63, 3.8) is 0 Å². The van der Waals surface area contributed by atoms with Crippen molar-refractivity contribution in [1.82, 2.24) is 23.7 Å². The van der Waals surface area contributed by atoms with E-state index in [0.717, 1.165) is 166 Å². The van der Waals surface area contributed by atoms with E-state index >= 15 is 0 Å². The number of nitrogens with zero attached hydrogens (tertiary/aromatic N) is 6. The molecule has 0 unspecified atom stereocenters. The molecule has 0 fully saturated rings. The van der Waals surface area contributed by atoms with Gasteiger partial charge in [-0.15, -0.1) is 0 Å². The largest absolute Gasteiger partial charge is 0.309 e. The van der Waals surface area contributed by atoms with Crippen molar-refractivity contribution in [2.24, 2.45) is 0 Å². The fourth-order valence-corrected chi connectivity index (χ4v) is 13.8. The van der Waals surface area contributed by atoms with E-state index < -0.39 is 0 Å². The first-order valence-corrected chi connectivity index (χ1v) is 30.5. The molecule has 0 spiro atoms. The summed E-state index contributed by atoms with van der Waals surface area (Å²) in [4.78, 5) is 11.4. The van der Waals surface area contributed by atoms with Gasteiger partial charge in [-0.05, 0) is 171 Å². The Labute approximate surface area is 520 Å². The second kappa shape index (κ2) is 21.4. The third-order valence-electron chi connectivity index (χ3n) is 18.0. The lowest BCUT2D eigenvalue weighted by atomic mass is 9.90. The van der Waals surface area contributed by atoms with Crippen molar-refractivity contribution in [3.8, 4) is 101 Å². The molecule has 0 atom stereocenters. The Morgan fingerprint density at radius 3 is 1.22 bits per heavy atom. The Morgan fingerprint density at radius 1 is 0.289 bits per heavy atom. The van der Waals surface area contributed by atoms with Crippen LogP contribution in [0.25, 0.3) is 161 Å². The Hall–Kier alpha value is -12.2. The van der Waals surface area contributed by atoms with Gasteiger partial charge in [-0.25, -0.2) is 4.98 Å². The molecule has 0 saturated heterocycles. The van der Waals surface area contributed by atoms with Gasteiger partial charge in [0.25, 0.3) is 0 Å². The highest BCUT2D eigenvalue weighted by atomic mass is 15.1. The first kappa shape index (κ1) is 52.2. The molecule has 0 saturated carbocycles. The van der Waals surface area contributed by atoms with Crippen molar-refractivity contribution >= 4 is 65.4 Å². The predicted octanol–water partition coefficient (Wildman–Crippen LogP) is 21.6. The average molecular weight is 1150 g/mol. The molecule has 420 valence electrons. The second-order valence-corrected chi connectivity index (χ2v) is 23.2. The van der Waals surface area contributed by atoms with Crippen LogP contribution in [0.15, 0.2) is 309 Å². The Bertz CT molecular complexity index is 5520. The van der Waals surface area contributed by atoms with E-state index in [1.54, 1.807) is 0 Å². The SMILES string of the molecule is Cc1cccc(-c2ccccc2-c2cc(-n3c4ccc(-c5ccccc5)cc4c4cc(-c5ccccc5)ccc43)nc(-n3c4ccc(-c5ccccc5)cc4c4cc(-c5ccccc5)ccc43)c2-c2ccc(-n3c4ccccc4c4cc(C#N)ccc43)cc2)n1. The molecule has 5 heterocycles. The van der Waals surface area contributed by atoms with Crippen LogP contribution in [-0.4, -0.2) is 23.7 Å². The van der Waals surface area contributed by atoms with Gasteiger partial charge in [0.2, 0.25) is 0 Å². The Balaban J connectivity index is 1.01. The second-order valence-electron chi connectivity index (χ2n) is 23.2. The monoisotopic (exact) mass is 1150 g/mol. The average Bonchev–Trinajstić information content (AvgIpc) is 1.53. The van der Waals surface area contributed by atoms with E-state index in [9.17, 15) is 5.26 Å². The number of hydrogen-bond acceptors (Lipinski definition) is 3. The standard InChI is InChI=1S/C84H54N6/c1-54-19-18-31-75(86-54)67-29-15-14-28-66(67)74-52-82(89-78-43-36-61(56-20-6-2-7-21-56)48-70(78)71-49-62(37-44-79(71)89)57-22-8-3-9-23-57)87-84(83(74)60-34-40-65(41-35-60)88-76-32-17-16-30-68(76)69-47-55(53-85)33-42-77(69)88)90-80-45-38-63(58-24-10-4-11-25-58)50-72(80)73-51-64(39-46-81(73)90)59-26-12-5-13-27-59/h2-52H,1H3. The van der Waals surface area contributed by atoms with Crippen LogP contribution in [0.1, 0.15) is 11.3 Å². The van der Waals surface area contributed by atoms with Crippen molar-refractivity contribution in [1.29, 1.82) is 5.26 Å². The molecule has 0 radical (unpaired) electrons.